The molecule has 1 amide bonds. The molecule has 0 spiro atoms. The summed E-state index contributed by atoms with van der Waals surface area (Å²) in [5.41, 5.74) is 9.17. The monoisotopic (exact) mass is 353 g/mol. The average molecular weight is 353 g/mol. The largest absolute Gasteiger partial charge is 0.331 e. The van der Waals surface area contributed by atoms with Crippen molar-refractivity contribution in [1.82, 2.24) is 20.4 Å². The molecule has 128 valence electrons. The van der Waals surface area contributed by atoms with Crippen LogP contribution in [0.2, 0.25) is 0 Å². The molecule has 7 heteroatoms. The van der Waals surface area contributed by atoms with E-state index in [0.29, 0.717) is 5.11 Å². The molecule has 0 aliphatic rings. The lowest BCUT2D eigenvalue weighted by Crippen LogP contribution is -2.45. The van der Waals surface area contributed by atoms with Gasteiger partial charge in [-0.3, -0.25) is 15.6 Å². The van der Waals surface area contributed by atoms with E-state index in [1.54, 1.807) is 10.9 Å². The number of nitrogens with one attached hydrogen (secondary N) is 3. The van der Waals surface area contributed by atoms with Crippen LogP contribution in [0.1, 0.15) is 12.5 Å². The summed E-state index contributed by atoms with van der Waals surface area (Å²) in [5.74, 6) is -0.213. The van der Waals surface area contributed by atoms with E-state index in [2.05, 4.69) is 34.1 Å². The van der Waals surface area contributed by atoms with E-state index in [4.69, 9.17) is 12.2 Å². The number of aryl methyl sites for hydroxylation is 1. The van der Waals surface area contributed by atoms with Gasteiger partial charge in [0.2, 0.25) is 0 Å². The van der Waals surface area contributed by atoms with E-state index in [1.165, 1.54) is 5.56 Å². The molecule has 3 rings (SSSR count). The second kappa shape index (κ2) is 7.76. The minimum absolute atomic E-state index is 0.154. The van der Waals surface area contributed by atoms with E-state index in [0.717, 1.165) is 23.1 Å². The number of amides is 1. The highest BCUT2D eigenvalue weighted by Gasteiger charge is 2.07. The normalized spacial score (nSPS) is 10.4. The van der Waals surface area contributed by atoms with Crippen molar-refractivity contribution in [1.29, 1.82) is 0 Å². The van der Waals surface area contributed by atoms with Gasteiger partial charge in [-0.1, -0.05) is 31.2 Å². The van der Waals surface area contributed by atoms with Crippen LogP contribution in [0.15, 0.2) is 54.9 Å². The van der Waals surface area contributed by atoms with Gasteiger partial charge in [0.15, 0.2) is 5.11 Å². The zero-order valence-electron chi connectivity index (χ0n) is 13.8. The zero-order valence-corrected chi connectivity index (χ0v) is 14.6. The maximum atomic E-state index is 12.1. The Kier molecular flexibility index (Phi) is 5.25. The molecule has 0 atom stereocenters. The third-order valence-corrected chi connectivity index (χ3v) is 3.95. The van der Waals surface area contributed by atoms with Gasteiger partial charge in [0.1, 0.15) is 6.54 Å². The van der Waals surface area contributed by atoms with Crippen molar-refractivity contribution < 1.29 is 4.79 Å². The molecule has 0 aliphatic carbocycles. The van der Waals surface area contributed by atoms with Crippen LogP contribution in [-0.2, 0) is 17.8 Å². The van der Waals surface area contributed by atoms with Crippen molar-refractivity contribution in [2.45, 2.75) is 19.9 Å². The zero-order chi connectivity index (χ0) is 17.6. The van der Waals surface area contributed by atoms with E-state index < -0.39 is 0 Å². The quantitative estimate of drug-likeness (QED) is 0.497. The SMILES string of the molecule is CCc1cccc(NC(=S)NNC(=O)Cn2cnc3ccccc32)c1. The summed E-state index contributed by atoms with van der Waals surface area (Å²) in [6.45, 7) is 2.25. The van der Waals surface area contributed by atoms with Gasteiger partial charge in [0.05, 0.1) is 17.4 Å². The molecule has 6 nitrogen and oxygen atoms in total. The van der Waals surface area contributed by atoms with Gasteiger partial charge >= 0.3 is 0 Å². The van der Waals surface area contributed by atoms with Gasteiger partial charge in [-0.2, -0.15) is 0 Å². The van der Waals surface area contributed by atoms with Crippen LogP contribution in [0, 0.1) is 0 Å². The molecule has 0 bridgehead atoms. The number of fused-ring (bicyclic) bond motifs is 1. The molecular weight excluding hydrogens is 334 g/mol. The Hall–Kier alpha value is -2.93. The number of hydrogen-bond acceptors (Lipinski definition) is 3. The summed E-state index contributed by atoms with van der Waals surface area (Å²) in [4.78, 5) is 16.4. The lowest BCUT2D eigenvalue weighted by Gasteiger charge is -2.12. The number of hydrogen-bond donors (Lipinski definition) is 3. The number of benzene rings is 2. The molecule has 0 saturated carbocycles. The first-order valence-corrected chi connectivity index (χ1v) is 8.41. The summed E-state index contributed by atoms with van der Waals surface area (Å²) in [7, 11) is 0. The molecule has 0 saturated heterocycles. The summed E-state index contributed by atoms with van der Waals surface area (Å²) >= 11 is 5.20. The number of anilines is 1. The van der Waals surface area contributed by atoms with Crippen molar-refractivity contribution in [2.75, 3.05) is 5.32 Å². The van der Waals surface area contributed by atoms with Gasteiger partial charge in [-0.05, 0) is 48.5 Å². The van der Waals surface area contributed by atoms with Crippen LogP contribution in [0.3, 0.4) is 0 Å². The number of rotatable bonds is 4. The first-order valence-electron chi connectivity index (χ1n) is 8.00. The molecular formula is C18H19N5OS. The number of thiocarbonyl (C=S) groups is 1. The van der Waals surface area contributed by atoms with Gasteiger partial charge in [-0.15, -0.1) is 0 Å². The second-order valence-electron chi connectivity index (χ2n) is 5.54. The van der Waals surface area contributed by atoms with Gasteiger partial charge in [0.25, 0.3) is 5.91 Å². The molecule has 1 heterocycles. The molecule has 0 aliphatic heterocycles. The highest BCUT2D eigenvalue weighted by molar-refractivity contribution is 7.80. The Balaban J connectivity index is 1.52. The molecule has 0 radical (unpaired) electrons. The lowest BCUT2D eigenvalue weighted by molar-refractivity contribution is -0.122. The van der Waals surface area contributed by atoms with E-state index in [9.17, 15) is 4.79 Å². The van der Waals surface area contributed by atoms with Crippen LogP contribution in [0.25, 0.3) is 11.0 Å². The molecule has 2 aromatic carbocycles. The van der Waals surface area contributed by atoms with Gasteiger partial charge in [-0.25, -0.2) is 4.98 Å². The van der Waals surface area contributed by atoms with Crippen molar-refractivity contribution in [3.05, 3.63) is 60.4 Å². The number of hydrazine groups is 1. The fourth-order valence-corrected chi connectivity index (χ4v) is 2.66. The molecule has 0 unspecified atom stereocenters. The molecule has 25 heavy (non-hydrogen) atoms. The Morgan fingerprint density at radius 3 is 2.84 bits per heavy atom. The average Bonchev–Trinajstić information content (AvgIpc) is 3.03. The van der Waals surface area contributed by atoms with Gasteiger partial charge in [0, 0.05) is 5.69 Å². The van der Waals surface area contributed by atoms with Crippen LogP contribution < -0.4 is 16.2 Å². The standard InChI is InChI=1S/C18H19N5OS/c1-2-13-6-5-7-14(10-13)20-18(25)22-21-17(24)11-23-12-19-15-8-3-4-9-16(15)23/h3-10,12H,2,11H2,1H3,(H,21,24)(H2,20,22,25). The summed E-state index contributed by atoms with van der Waals surface area (Å²) in [5, 5.41) is 3.38. The predicted octanol–water partition coefficient (Wildman–Crippen LogP) is 2.62. The molecule has 0 fully saturated rings. The third kappa shape index (κ3) is 4.33. The highest BCUT2D eigenvalue weighted by atomic mass is 32.1. The molecule has 3 N–H and O–H groups in total. The van der Waals surface area contributed by atoms with E-state index in [-0.39, 0.29) is 12.5 Å². The summed E-state index contributed by atoms with van der Waals surface area (Å²) in [6.07, 6.45) is 2.60. The number of carbonyl (C=O) groups excluding carboxylic acids is 1. The van der Waals surface area contributed by atoms with E-state index in [1.807, 2.05) is 42.5 Å². The molecule has 3 aromatic rings. The van der Waals surface area contributed by atoms with Crippen LogP contribution in [0.4, 0.5) is 5.69 Å². The Bertz CT molecular complexity index is 905. The maximum absolute atomic E-state index is 12.1. The Labute approximate surface area is 151 Å². The number of aromatic nitrogens is 2. The first kappa shape index (κ1) is 16.9. The van der Waals surface area contributed by atoms with Gasteiger partial charge < -0.3 is 9.88 Å². The van der Waals surface area contributed by atoms with Crippen molar-refractivity contribution in [3.63, 3.8) is 0 Å². The maximum Gasteiger partial charge on any atom is 0.258 e. The number of para-hydroxylation sites is 2. The number of nitrogens with zero attached hydrogens (tertiary/aromatic N) is 2. The number of imidazole rings is 1. The summed E-state index contributed by atoms with van der Waals surface area (Å²) < 4.78 is 1.79. The highest BCUT2D eigenvalue weighted by Crippen LogP contribution is 2.12. The Morgan fingerprint density at radius 2 is 2.00 bits per heavy atom. The van der Waals surface area contributed by atoms with Crippen LogP contribution in [-0.4, -0.2) is 20.6 Å². The Morgan fingerprint density at radius 1 is 1.16 bits per heavy atom. The third-order valence-electron chi connectivity index (χ3n) is 3.75. The smallest absolute Gasteiger partial charge is 0.258 e. The topological polar surface area (TPSA) is 71.0 Å². The van der Waals surface area contributed by atoms with Crippen molar-refractivity contribution >= 4 is 40.0 Å². The van der Waals surface area contributed by atoms with Crippen LogP contribution in [0.5, 0.6) is 0 Å². The lowest BCUT2D eigenvalue weighted by atomic mass is 10.1. The minimum Gasteiger partial charge on any atom is -0.331 e. The van der Waals surface area contributed by atoms with E-state index >= 15 is 0 Å². The fraction of sp³-hybridized carbons (Fsp3) is 0.167. The predicted molar refractivity (Wildman–Crippen MR) is 103 cm³/mol. The first-order chi connectivity index (χ1) is 12.2. The number of carbonyl (C=O) groups is 1. The fourth-order valence-electron chi connectivity index (χ4n) is 2.49. The van der Waals surface area contributed by atoms with Crippen LogP contribution >= 0.6 is 12.2 Å². The van der Waals surface area contributed by atoms with Crippen molar-refractivity contribution in [3.8, 4) is 0 Å². The minimum atomic E-state index is -0.213. The summed E-state index contributed by atoms with van der Waals surface area (Å²) in [6, 6.07) is 15.6. The second-order valence-corrected chi connectivity index (χ2v) is 5.95. The van der Waals surface area contributed by atoms with Crippen molar-refractivity contribution in [2.24, 2.45) is 0 Å². The molecule has 1 aromatic heterocycles.